The molecule has 3 rings (SSSR count). The minimum atomic E-state index is -3.92. The Kier molecular flexibility index (Phi) is 5.57. The fraction of sp³-hybridized carbons (Fsp3) is 0.286. The number of aromatic nitrogens is 2. The van der Waals surface area contributed by atoms with Gasteiger partial charge in [0.2, 0.25) is 0 Å². The van der Waals surface area contributed by atoms with E-state index < -0.39 is 15.4 Å². The number of hydrogen-bond acceptors (Lipinski definition) is 5. The molecule has 0 atom stereocenters. The molecule has 0 radical (unpaired) electrons. The average Bonchev–Trinajstić information content (AvgIpc) is 3.16. The van der Waals surface area contributed by atoms with Crippen molar-refractivity contribution < 1.29 is 17.9 Å². The van der Waals surface area contributed by atoms with Crippen LogP contribution in [0.25, 0.3) is 5.69 Å². The molecule has 0 saturated heterocycles. The average molecular weight is 416 g/mol. The Hall–Kier alpha value is -3.00. The first-order chi connectivity index (χ1) is 13.7. The van der Waals surface area contributed by atoms with Crippen LogP contribution in [0.2, 0.25) is 0 Å². The molecule has 154 valence electrons. The minimum absolute atomic E-state index is 0.117. The van der Waals surface area contributed by atoms with E-state index in [4.69, 9.17) is 9.47 Å². The van der Waals surface area contributed by atoms with Gasteiger partial charge in [0.25, 0.3) is 10.0 Å². The highest BCUT2D eigenvalue weighted by molar-refractivity contribution is 7.92. The van der Waals surface area contributed by atoms with E-state index in [2.05, 4.69) is 9.82 Å². The number of ether oxygens (including phenoxy) is 2. The quantitative estimate of drug-likeness (QED) is 0.658. The van der Waals surface area contributed by atoms with Crippen LogP contribution in [0.3, 0.4) is 0 Å². The van der Waals surface area contributed by atoms with Gasteiger partial charge in [-0.05, 0) is 24.3 Å². The van der Waals surface area contributed by atoms with Gasteiger partial charge in [0.15, 0.2) is 0 Å². The van der Waals surface area contributed by atoms with E-state index in [9.17, 15) is 8.42 Å². The predicted octanol–water partition coefficient (Wildman–Crippen LogP) is 3.99. The van der Waals surface area contributed by atoms with Crippen LogP contribution in [0.5, 0.6) is 11.5 Å². The number of hydrogen-bond donors (Lipinski definition) is 1. The van der Waals surface area contributed by atoms with Crippen molar-refractivity contribution in [1.82, 2.24) is 9.78 Å². The smallest absolute Gasteiger partial charge is 0.265 e. The van der Waals surface area contributed by atoms with E-state index in [-0.39, 0.29) is 4.90 Å². The highest BCUT2D eigenvalue weighted by Crippen LogP contribution is 2.33. The fourth-order valence-corrected chi connectivity index (χ4v) is 4.28. The molecule has 7 nitrogen and oxygen atoms in total. The zero-order valence-electron chi connectivity index (χ0n) is 17.1. The monoisotopic (exact) mass is 415 g/mol. The highest BCUT2D eigenvalue weighted by Gasteiger charge is 2.31. The summed E-state index contributed by atoms with van der Waals surface area (Å²) in [6.07, 6.45) is 1.54. The fourth-order valence-electron chi connectivity index (χ4n) is 2.87. The molecule has 0 aliphatic heterocycles. The van der Waals surface area contributed by atoms with Gasteiger partial charge in [-0.15, -0.1) is 0 Å². The molecule has 1 heterocycles. The lowest BCUT2D eigenvalue weighted by atomic mass is 9.92. The van der Waals surface area contributed by atoms with Gasteiger partial charge in [0, 0.05) is 11.5 Å². The van der Waals surface area contributed by atoms with Crippen LogP contribution < -0.4 is 14.2 Å². The summed E-state index contributed by atoms with van der Waals surface area (Å²) in [6.45, 7) is 5.78. The highest BCUT2D eigenvalue weighted by atomic mass is 32.2. The normalized spacial score (nSPS) is 11.9. The van der Waals surface area contributed by atoms with E-state index in [1.807, 2.05) is 51.1 Å². The van der Waals surface area contributed by atoms with Crippen LogP contribution in [0.1, 0.15) is 26.5 Å². The molecule has 1 aromatic heterocycles. The zero-order valence-corrected chi connectivity index (χ0v) is 17.9. The van der Waals surface area contributed by atoms with Gasteiger partial charge in [-0.3, -0.25) is 4.72 Å². The van der Waals surface area contributed by atoms with E-state index in [1.54, 1.807) is 22.9 Å². The largest absolute Gasteiger partial charge is 0.497 e. The number of nitrogens with zero attached hydrogens (tertiary/aromatic N) is 2. The first-order valence-corrected chi connectivity index (χ1v) is 10.5. The molecule has 3 aromatic rings. The van der Waals surface area contributed by atoms with Crippen molar-refractivity contribution in [2.45, 2.75) is 31.1 Å². The number of nitrogens with one attached hydrogen (secondary N) is 1. The van der Waals surface area contributed by atoms with Crippen LogP contribution in [-0.2, 0) is 15.4 Å². The lowest BCUT2D eigenvalue weighted by Gasteiger charge is -2.18. The van der Waals surface area contributed by atoms with Crippen molar-refractivity contribution in [2.24, 2.45) is 0 Å². The Labute approximate surface area is 171 Å². The number of para-hydroxylation sites is 1. The molecule has 0 aliphatic rings. The Bertz CT molecular complexity index is 1100. The summed E-state index contributed by atoms with van der Waals surface area (Å²) in [6, 6.07) is 14.3. The van der Waals surface area contributed by atoms with Gasteiger partial charge in [0.1, 0.15) is 16.4 Å². The molecule has 0 saturated carbocycles. The zero-order chi connectivity index (χ0) is 21.2. The molecule has 1 N–H and O–H groups in total. The van der Waals surface area contributed by atoms with Gasteiger partial charge in [0.05, 0.1) is 37.5 Å². The summed E-state index contributed by atoms with van der Waals surface area (Å²) >= 11 is 0. The van der Waals surface area contributed by atoms with Crippen molar-refractivity contribution in [3.05, 3.63) is 60.4 Å². The van der Waals surface area contributed by atoms with Crippen molar-refractivity contribution in [1.29, 1.82) is 0 Å². The third-order valence-corrected chi connectivity index (χ3v) is 5.72. The molecule has 0 unspecified atom stereocenters. The summed E-state index contributed by atoms with van der Waals surface area (Å²) in [4.78, 5) is 0.117. The topological polar surface area (TPSA) is 82.5 Å². The second kappa shape index (κ2) is 7.79. The summed E-state index contributed by atoms with van der Waals surface area (Å²) < 4.78 is 41.3. The number of rotatable bonds is 6. The van der Waals surface area contributed by atoms with Crippen molar-refractivity contribution in [3.8, 4) is 17.2 Å². The predicted molar refractivity (Wildman–Crippen MR) is 113 cm³/mol. The summed E-state index contributed by atoms with van der Waals surface area (Å²) in [5.41, 5.74) is 1.09. The molecule has 8 heteroatoms. The molecule has 2 aromatic carbocycles. The summed E-state index contributed by atoms with van der Waals surface area (Å²) in [5.74, 6) is 0.928. The van der Waals surface area contributed by atoms with Crippen molar-refractivity contribution in [2.75, 3.05) is 18.9 Å². The number of methoxy groups -OCH3 is 2. The molecule has 0 fully saturated rings. The van der Waals surface area contributed by atoms with Gasteiger partial charge >= 0.3 is 0 Å². The SMILES string of the molecule is COc1ccc(NS(=O)(=O)c2cn(-c3ccccc3)nc2C(C)(C)C)c(OC)c1. The Morgan fingerprint density at radius 3 is 2.28 bits per heavy atom. The van der Waals surface area contributed by atoms with Gasteiger partial charge < -0.3 is 9.47 Å². The van der Waals surface area contributed by atoms with Crippen LogP contribution in [0, 0.1) is 0 Å². The van der Waals surface area contributed by atoms with Crippen LogP contribution in [0.15, 0.2) is 59.6 Å². The van der Waals surface area contributed by atoms with E-state index >= 15 is 0 Å². The third-order valence-electron chi connectivity index (χ3n) is 4.35. The third kappa shape index (κ3) is 4.37. The Morgan fingerprint density at radius 2 is 1.69 bits per heavy atom. The minimum Gasteiger partial charge on any atom is -0.497 e. The molecule has 0 bridgehead atoms. The van der Waals surface area contributed by atoms with Crippen molar-refractivity contribution in [3.63, 3.8) is 0 Å². The maximum atomic E-state index is 13.3. The standard InChI is InChI=1S/C21H25N3O4S/c1-21(2,3)20-19(14-24(22-20)15-9-7-6-8-10-15)29(25,26)23-17-12-11-16(27-4)13-18(17)28-5/h6-14,23H,1-5H3. The second-order valence-corrected chi connectivity index (χ2v) is 9.19. The molecule has 0 amide bonds. The molecule has 29 heavy (non-hydrogen) atoms. The summed E-state index contributed by atoms with van der Waals surface area (Å²) in [5, 5.41) is 4.58. The van der Waals surface area contributed by atoms with Crippen LogP contribution in [-0.4, -0.2) is 32.4 Å². The van der Waals surface area contributed by atoms with Crippen molar-refractivity contribution >= 4 is 15.7 Å². The first kappa shape index (κ1) is 20.7. The molecule has 0 spiro atoms. The van der Waals surface area contributed by atoms with Gasteiger partial charge in [-0.1, -0.05) is 39.0 Å². The molecular weight excluding hydrogens is 390 g/mol. The molecule has 0 aliphatic carbocycles. The maximum Gasteiger partial charge on any atom is 0.265 e. The van der Waals surface area contributed by atoms with E-state index in [1.165, 1.54) is 20.4 Å². The Balaban J connectivity index is 2.08. The van der Waals surface area contributed by atoms with E-state index in [0.717, 1.165) is 5.69 Å². The maximum absolute atomic E-state index is 13.3. The number of sulfonamides is 1. The first-order valence-electron chi connectivity index (χ1n) is 9.06. The van der Waals surface area contributed by atoms with Crippen LogP contribution in [0.4, 0.5) is 5.69 Å². The van der Waals surface area contributed by atoms with E-state index in [0.29, 0.717) is 22.9 Å². The van der Waals surface area contributed by atoms with Crippen LogP contribution >= 0.6 is 0 Å². The van der Waals surface area contributed by atoms with Gasteiger partial charge in [-0.25, -0.2) is 13.1 Å². The Morgan fingerprint density at radius 1 is 1.00 bits per heavy atom. The van der Waals surface area contributed by atoms with Gasteiger partial charge in [-0.2, -0.15) is 5.10 Å². The lowest BCUT2D eigenvalue weighted by Crippen LogP contribution is -2.20. The summed E-state index contributed by atoms with van der Waals surface area (Å²) in [7, 11) is -0.914. The number of anilines is 1. The second-order valence-electron chi connectivity index (χ2n) is 7.54. The lowest BCUT2D eigenvalue weighted by molar-refractivity contribution is 0.395. The molecular formula is C21H25N3O4S. The number of benzene rings is 2.